The first-order chi connectivity index (χ1) is 24.6. The van der Waals surface area contributed by atoms with Gasteiger partial charge in [-0.25, -0.2) is 0 Å². The van der Waals surface area contributed by atoms with Crippen molar-refractivity contribution in [3.05, 3.63) is 11.3 Å². The lowest BCUT2D eigenvalue weighted by Crippen LogP contribution is -2.61. The Bertz CT molecular complexity index is 1330. The fourth-order valence-electron chi connectivity index (χ4n) is 9.05. The number of ether oxygens (including phenoxy) is 8. The summed E-state index contributed by atoms with van der Waals surface area (Å²) in [5.41, 5.74) is -2.66. The summed E-state index contributed by atoms with van der Waals surface area (Å²) in [4.78, 5) is 30.8. The first-order valence-corrected chi connectivity index (χ1v) is 19.5. The number of methoxy groups -OCH3 is 2. The maximum absolute atomic E-state index is 14.4. The monoisotopic (exact) mass is 755 g/mol. The smallest absolute Gasteiger partial charge is 0.311 e. The van der Waals surface area contributed by atoms with Crippen LogP contribution in [0.5, 0.6) is 0 Å². The molecule has 0 aromatic rings. The molecule has 0 aliphatic carbocycles. The van der Waals surface area contributed by atoms with Crippen LogP contribution in [-0.4, -0.2) is 132 Å². The van der Waals surface area contributed by atoms with Gasteiger partial charge in [-0.1, -0.05) is 13.8 Å². The van der Waals surface area contributed by atoms with Crippen LogP contribution >= 0.6 is 0 Å². The van der Waals surface area contributed by atoms with Gasteiger partial charge < -0.3 is 48.1 Å². The van der Waals surface area contributed by atoms with E-state index in [-0.39, 0.29) is 30.4 Å². The number of allylic oxidation sites excluding steroid dienone is 1. The van der Waals surface area contributed by atoms with Crippen molar-refractivity contribution in [2.24, 2.45) is 17.8 Å². The van der Waals surface area contributed by atoms with Crippen molar-refractivity contribution in [3.63, 3.8) is 0 Å². The summed E-state index contributed by atoms with van der Waals surface area (Å²) in [5, 5.41) is 22.8. The maximum Gasteiger partial charge on any atom is 0.311 e. The van der Waals surface area contributed by atoms with E-state index in [0.29, 0.717) is 25.0 Å². The fraction of sp³-hybridized carbons (Fsp3) is 0.900. The van der Waals surface area contributed by atoms with Crippen LogP contribution in [0.1, 0.15) is 109 Å². The lowest BCUT2D eigenvalue weighted by Gasteiger charge is -2.49. The van der Waals surface area contributed by atoms with Gasteiger partial charge in [-0.2, -0.15) is 0 Å². The number of cyclic esters (lactones) is 1. The quantitative estimate of drug-likeness (QED) is 0.318. The number of carbonyl (C=O) groups is 2. The number of nitrogens with zero attached hydrogens (tertiary/aromatic N) is 1. The minimum Gasteiger partial charge on any atom is -0.488 e. The summed E-state index contributed by atoms with van der Waals surface area (Å²) in [6.07, 6.45) is -5.84. The van der Waals surface area contributed by atoms with Gasteiger partial charge in [0.05, 0.1) is 35.7 Å². The number of carbonyl (C=O) groups excluding carboxylic acids is 2. The van der Waals surface area contributed by atoms with E-state index >= 15 is 0 Å². The highest BCUT2D eigenvalue weighted by atomic mass is 16.7. The first kappa shape index (κ1) is 44.0. The SMILES string of the molecule is CCC1OC(=O)C(C)C(O[C@@H]2CC(C)(OC)[C@H](O)C(C)O2)C(C)[C@H](OC2OC(C)CC(N(C)C(C)C)[C@@H]2O)C2(C)CC(C)=C(O2)[C@@H](C)C(=O)C1(C)OC. The van der Waals surface area contributed by atoms with Crippen LogP contribution in [0.2, 0.25) is 0 Å². The first-order valence-electron chi connectivity index (χ1n) is 19.5. The van der Waals surface area contributed by atoms with Gasteiger partial charge in [0.1, 0.15) is 35.8 Å². The highest BCUT2D eigenvalue weighted by Crippen LogP contribution is 2.47. The molecule has 4 rings (SSSR count). The Kier molecular flexibility index (Phi) is 14.0. The average molecular weight is 756 g/mol. The van der Waals surface area contributed by atoms with Crippen LogP contribution in [-0.2, 0) is 47.5 Å². The molecule has 0 aromatic carbocycles. The van der Waals surface area contributed by atoms with Gasteiger partial charge in [0.2, 0.25) is 0 Å². The zero-order chi connectivity index (χ0) is 40.0. The van der Waals surface area contributed by atoms with E-state index in [0.717, 1.165) is 5.57 Å². The predicted molar refractivity (Wildman–Crippen MR) is 197 cm³/mol. The molecule has 306 valence electrons. The highest BCUT2D eigenvalue weighted by molar-refractivity contribution is 5.92. The van der Waals surface area contributed by atoms with Crippen molar-refractivity contribution < 1.29 is 57.7 Å². The van der Waals surface area contributed by atoms with E-state index < -0.39 is 89.7 Å². The molecule has 13 nitrogen and oxygen atoms in total. The number of likely N-dealkylation sites (N-methyl/N-ethyl adjacent to an activating group) is 1. The number of fused-ring (bicyclic) bond motifs is 2. The van der Waals surface area contributed by atoms with Crippen molar-refractivity contribution in [1.82, 2.24) is 4.90 Å². The molecule has 3 fully saturated rings. The van der Waals surface area contributed by atoms with Crippen LogP contribution in [0.3, 0.4) is 0 Å². The van der Waals surface area contributed by atoms with Crippen LogP contribution in [0, 0.1) is 17.8 Å². The third-order valence-electron chi connectivity index (χ3n) is 12.8. The molecule has 4 aliphatic heterocycles. The average Bonchev–Trinajstić information content (AvgIpc) is 3.43. The number of hydrogen-bond acceptors (Lipinski definition) is 13. The molecule has 16 atom stereocenters. The van der Waals surface area contributed by atoms with Crippen LogP contribution < -0.4 is 0 Å². The lowest BCUT2D eigenvalue weighted by molar-refractivity contribution is -0.317. The summed E-state index contributed by atoms with van der Waals surface area (Å²) >= 11 is 0. The van der Waals surface area contributed by atoms with Crippen LogP contribution in [0.4, 0.5) is 0 Å². The molecule has 3 saturated heterocycles. The van der Waals surface area contributed by atoms with Gasteiger partial charge >= 0.3 is 5.97 Å². The Morgan fingerprint density at radius 3 is 2.19 bits per heavy atom. The Morgan fingerprint density at radius 2 is 1.62 bits per heavy atom. The second-order valence-corrected chi connectivity index (χ2v) is 17.1. The van der Waals surface area contributed by atoms with E-state index in [1.54, 1.807) is 34.6 Å². The number of esters is 1. The Balaban J connectivity index is 1.86. The standard InChI is InChI=1S/C40H69NO12/c1-16-28-40(12,47-15)33(43)23(6)31-21(4)18-39(11,53-31)35(52-37-30(42)27(17-22(5)48-37)41(13)20(2)3)24(7)32(25(8)36(45)50-28)51-29-19-38(10,46-14)34(44)26(9)49-29/h20,22-30,32,34-35,37,42,44H,16-19H2,1-15H3/t22?,23-,24?,25?,26?,27?,28?,29-,30+,32?,34-,35+,37?,38?,39?,40?/m1/s1. The second kappa shape index (κ2) is 16.8. The van der Waals surface area contributed by atoms with Crippen LogP contribution in [0.25, 0.3) is 0 Å². The zero-order valence-electron chi connectivity index (χ0n) is 34.8. The van der Waals surface area contributed by atoms with Crippen molar-refractivity contribution in [1.29, 1.82) is 0 Å². The van der Waals surface area contributed by atoms with Crippen molar-refractivity contribution in [3.8, 4) is 0 Å². The Morgan fingerprint density at radius 1 is 0.981 bits per heavy atom. The van der Waals surface area contributed by atoms with Gasteiger partial charge in [-0.15, -0.1) is 0 Å². The molecule has 0 radical (unpaired) electrons. The van der Waals surface area contributed by atoms with Crippen molar-refractivity contribution in [2.45, 2.75) is 193 Å². The number of ketones is 1. The number of aliphatic hydroxyl groups excluding tert-OH is 2. The summed E-state index contributed by atoms with van der Waals surface area (Å²) < 4.78 is 51.1. The number of aliphatic hydroxyl groups is 2. The molecule has 11 unspecified atom stereocenters. The predicted octanol–water partition coefficient (Wildman–Crippen LogP) is 4.53. The molecule has 4 aliphatic rings. The molecule has 4 heterocycles. The Labute approximate surface area is 317 Å². The molecular weight excluding hydrogens is 686 g/mol. The summed E-state index contributed by atoms with van der Waals surface area (Å²) in [5.74, 6) is -2.59. The van der Waals surface area contributed by atoms with E-state index in [4.69, 9.17) is 37.9 Å². The van der Waals surface area contributed by atoms with Crippen molar-refractivity contribution >= 4 is 11.8 Å². The van der Waals surface area contributed by atoms with E-state index in [1.165, 1.54) is 14.2 Å². The largest absolute Gasteiger partial charge is 0.488 e. The fourth-order valence-corrected chi connectivity index (χ4v) is 9.05. The molecular formula is C40H69NO12. The Hall–Kier alpha value is -1.68. The highest BCUT2D eigenvalue weighted by Gasteiger charge is 2.56. The number of hydrogen-bond donors (Lipinski definition) is 2. The molecule has 2 N–H and O–H groups in total. The van der Waals surface area contributed by atoms with E-state index in [9.17, 15) is 19.8 Å². The number of rotatable bonds is 9. The van der Waals surface area contributed by atoms with Gasteiger partial charge in [0, 0.05) is 45.1 Å². The summed E-state index contributed by atoms with van der Waals surface area (Å²) in [6, 6.07) is -0.0782. The van der Waals surface area contributed by atoms with Gasteiger partial charge in [0.25, 0.3) is 0 Å². The summed E-state index contributed by atoms with van der Waals surface area (Å²) in [7, 11) is 4.97. The minimum atomic E-state index is -1.48. The van der Waals surface area contributed by atoms with E-state index in [2.05, 4.69) is 18.7 Å². The number of Topliss-reactive ketones (excluding diaryl/α,β-unsaturated/α-hetero) is 1. The molecule has 0 amide bonds. The zero-order valence-corrected chi connectivity index (χ0v) is 34.8. The normalized spacial score (nSPS) is 46.1. The summed E-state index contributed by atoms with van der Waals surface area (Å²) in [6.45, 7) is 22.5. The minimum absolute atomic E-state index is 0.164. The van der Waals surface area contributed by atoms with Crippen molar-refractivity contribution in [2.75, 3.05) is 21.3 Å². The van der Waals surface area contributed by atoms with Gasteiger partial charge in [-0.05, 0) is 94.7 Å². The molecule has 0 spiro atoms. The second-order valence-electron chi connectivity index (χ2n) is 17.1. The van der Waals surface area contributed by atoms with E-state index in [1.807, 2.05) is 41.7 Å². The molecule has 0 saturated carbocycles. The van der Waals surface area contributed by atoms with Gasteiger partial charge in [-0.3, -0.25) is 14.5 Å². The topological polar surface area (TPSA) is 152 Å². The lowest BCUT2D eigenvalue weighted by atomic mass is 9.79. The van der Waals surface area contributed by atoms with Gasteiger partial charge in [0.15, 0.2) is 24.0 Å². The molecule has 0 aromatic heterocycles. The molecule has 53 heavy (non-hydrogen) atoms. The third-order valence-corrected chi connectivity index (χ3v) is 12.8. The molecule has 2 bridgehead atoms. The maximum atomic E-state index is 14.4. The van der Waals surface area contributed by atoms with Crippen LogP contribution in [0.15, 0.2) is 11.3 Å². The third kappa shape index (κ3) is 8.54. The molecule has 13 heteroatoms.